The first-order valence-electron chi connectivity index (χ1n) is 9.47. The summed E-state index contributed by atoms with van der Waals surface area (Å²) in [4.78, 5) is 12.8. The number of carbonyl (C=O) groups is 1. The number of hydrogen-bond acceptors (Lipinski definition) is 3. The summed E-state index contributed by atoms with van der Waals surface area (Å²) in [7, 11) is 0. The van der Waals surface area contributed by atoms with Crippen LogP contribution in [0.25, 0.3) is 11.1 Å². The lowest BCUT2D eigenvalue weighted by atomic mass is 9.85. The van der Waals surface area contributed by atoms with Gasteiger partial charge in [-0.1, -0.05) is 60.7 Å². The Bertz CT molecular complexity index is 1050. The third-order valence-corrected chi connectivity index (χ3v) is 5.51. The normalized spacial score (nSPS) is 18.7. The zero-order valence-corrected chi connectivity index (χ0v) is 15.3. The average Bonchev–Trinajstić information content (AvgIpc) is 3.03. The number of hydrogen-bond donors (Lipinski definition) is 1. The fourth-order valence-electron chi connectivity index (χ4n) is 4.32. The second-order valence-electron chi connectivity index (χ2n) is 7.23. The van der Waals surface area contributed by atoms with Gasteiger partial charge in [-0.3, -0.25) is 4.79 Å². The van der Waals surface area contributed by atoms with Gasteiger partial charge in [-0.15, -0.1) is 0 Å². The van der Waals surface area contributed by atoms with Gasteiger partial charge in [0.2, 0.25) is 0 Å². The maximum Gasteiger partial charge on any atom is 0.163 e. The van der Waals surface area contributed by atoms with Crippen molar-refractivity contribution in [2.24, 2.45) is 0 Å². The molecule has 0 radical (unpaired) electrons. The molecule has 2 heterocycles. The number of fused-ring (bicyclic) bond motifs is 1. The molecule has 0 bridgehead atoms. The van der Waals surface area contributed by atoms with Gasteiger partial charge in [0.1, 0.15) is 11.9 Å². The summed E-state index contributed by atoms with van der Waals surface area (Å²) in [6.07, 6.45) is 2.42. The van der Waals surface area contributed by atoms with Crippen LogP contribution in [-0.2, 0) is 4.79 Å². The number of ketones is 1. The van der Waals surface area contributed by atoms with Crippen LogP contribution in [-0.4, -0.2) is 15.6 Å². The van der Waals surface area contributed by atoms with E-state index in [1.807, 2.05) is 48.0 Å². The molecule has 3 aromatic rings. The van der Waals surface area contributed by atoms with Gasteiger partial charge >= 0.3 is 0 Å². The van der Waals surface area contributed by atoms with E-state index in [4.69, 9.17) is 5.10 Å². The summed E-state index contributed by atoms with van der Waals surface area (Å²) in [6, 6.07) is 20.4. The molecule has 1 aliphatic heterocycles. The molecule has 27 heavy (non-hydrogen) atoms. The van der Waals surface area contributed by atoms with Gasteiger partial charge in [-0.05, 0) is 30.9 Å². The fourth-order valence-corrected chi connectivity index (χ4v) is 4.32. The monoisotopic (exact) mass is 355 g/mol. The van der Waals surface area contributed by atoms with Crippen molar-refractivity contribution in [3.05, 3.63) is 83.2 Å². The Kier molecular flexibility index (Phi) is 3.71. The van der Waals surface area contributed by atoms with E-state index in [-0.39, 0.29) is 11.8 Å². The maximum atomic E-state index is 12.8. The molecule has 1 unspecified atom stereocenters. The summed E-state index contributed by atoms with van der Waals surface area (Å²) in [5.74, 6) is 1.22. The Balaban J connectivity index is 1.76. The van der Waals surface area contributed by atoms with E-state index in [1.54, 1.807) is 0 Å². The molecular formula is C23H21N3O. The lowest BCUT2D eigenvalue weighted by Crippen LogP contribution is -2.31. The number of aryl methyl sites for hydroxylation is 1. The van der Waals surface area contributed by atoms with Gasteiger partial charge < -0.3 is 5.32 Å². The number of nitrogens with one attached hydrogen (secondary N) is 1. The quantitative estimate of drug-likeness (QED) is 0.713. The summed E-state index contributed by atoms with van der Waals surface area (Å²) in [5, 5.41) is 8.45. The van der Waals surface area contributed by atoms with Crippen LogP contribution in [0.1, 0.15) is 36.6 Å². The molecule has 4 heteroatoms. The smallest absolute Gasteiger partial charge is 0.163 e. The highest BCUT2D eigenvalue weighted by Gasteiger charge is 2.37. The number of rotatable bonds is 2. The van der Waals surface area contributed by atoms with E-state index in [2.05, 4.69) is 29.6 Å². The van der Waals surface area contributed by atoms with E-state index in [1.165, 1.54) is 0 Å². The molecule has 0 saturated carbocycles. The van der Waals surface area contributed by atoms with Crippen LogP contribution < -0.4 is 5.32 Å². The predicted octanol–water partition coefficient (Wildman–Crippen LogP) is 4.88. The van der Waals surface area contributed by atoms with Crippen LogP contribution in [0.5, 0.6) is 0 Å². The molecule has 134 valence electrons. The highest BCUT2D eigenvalue weighted by atomic mass is 16.1. The van der Waals surface area contributed by atoms with Crippen molar-refractivity contribution in [2.45, 2.75) is 32.2 Å². The van der Waals surface area contributed by atoms with E-state index < -0.39 is 0 Å². The van der Waals surface area contributed by atoms with Crippen molar-refractivity contribution in [1.29, 1.82) is 0 Å². The van der Waals surface area contributed by atoms with Gasteiger partial charge in [0.25, 0.3) is 0 Å². The summed E-state index contributed by atoms with van der Waals surface area (Å²) < 4.78 is 2.01. The van der Waals surface area contributed by atoms with E-state index in [9.17, 15) is 4.79 Å². The number of aromatic nitrogens is 2. The maximum absolute atomic E-state index is 12.8. The third-order valence-electron chi connectivity index (χ3n) is 5.51. The van der Waals surface area contributed by atoms with Crippen LogP contribution in [0.4, 0.5) is 5.82 Å². The Morgan fingerprint density at radius 3 is 2.44 bits per heavy atom. The summed E-state index contributed by atoms with van der Waals surface area (Å²) in [6.45, 7) is 2.04. The van der Waals surface area contributed by atoms with Crippen molar-refractivity contribution in [3.63, 3.8) is 0 Å². The minimum Gasteiger partial charge on any atom is -0.343 e. The first-order valence-corrected chi connectivity index (χ1v) is 9.47. The summed E-state index contributed by atoms with van der Waals surface area (Å²) in [5.41, 5.74) is 6.26. The average molecular weight is 355 g/mol. The molecule has 1 aromatic heterocycles. The van der Waals surface area contributed by atoms with Crippen LogP contribution in [0, 0.1) is 6.92 Å². The lowest BCUT2D eigenvalue weighted by molar-refractivity contribution is -0.116. The molecule has 5 rings (SSSR count). The first-order chi connectivity index (χ1) is 13.2. The zero-order chi connectivity index (χ0) is 18.4. The van der Waals surface area contributed by atoms with Crippen molar-refractivity contribution < 1.29 is 4.79 Å². The second-order valence-corrected chi connectivity index (χ2v) is 7.23. The molecule has 1 aliphatic carbocycles. The van der Waals surface area contributed by atoms with E-state index in [0.717, 1.165) is 52.3 Å². The fraction of sp³-hybridized carbons (Fsp3) is 0.217. The number of anilines is 1. The van der Waals surface area contributed by atoms with E-state index >= 15 is 0 Å². The molecule has 1 N–H and O–H groups in total. The lowest BCUT2D eigenvalue weighted by Gasteiger charge is -2.33. The highest BCUT2D eigenvalue weighted by molar-refractivity contribution is 6.00. The van der Waals surface area contributed by atoms with E-state index in [0.29, 0.717) is 6.42 Å². The molecule has 2 aromatic carbocycles. The van der Waals surface area contributed by atoms with Crippen LogP contribution >= 0.6 is 0 Å². The topological polar surface area (TPSA) is 46.9 Å². The Labute approximate surface area is 158 Å². The van der Waals surface area contributed by atoms with Gasteiger partial charge in [-0.25, -0.2) is 4.68 Å². The Hall–Kier alpha value is -3.14. The van der Waals surface area contributed by atoms with Gasteiger partial charge in [0, 0.05) is 23.3 Å². The number of carbonyl (C=O) groups excluding carboxylic acids is 1. The molecule has 0 amide bonds. The van der Waals surface area contributed by atoms with Crippen LogP contribution in [0.3, 0.4) is 0 Å². The number of benzene rings is 2. The number of nitrogens with zero attached hydrogens (tertiary/aromatic N) is 2. The number of Topliss-reactive ketones (excluding diaryl/α,β-unsaturated/α-hetero) is 1. The standard InChI is InChI=1S/C23H21N3O/c1-15-20(16-9-4-2-5-10-16)23-24-18-13-8-14-19(27)21(18)22(26(23)25-15)17-11-6-3-7-12-17/h2-7,9-12,22,24H,8,13-14H2,1H3. The first kappa shape index (κ1) is 16.1. The van der Waals surface area contributed by atoms with Crippen LogP contribution in [0.15, 0.2) is 71.9 Å². The van der Waals surface area contributed by atoms with Crippen LogP contribution in [0.2, 0.25) is 0 Å². The molecule has 0 fully saturated rings. The predicted molar refractivity (Wildman–Crippen MR) is 106 cm³/mol. The molecule has 1 atom stereocenters. The van der Waals surface area contributed by atoms with Gasteiger partial charge in [0.05, 0.1) is 5.69 Å². The van der Waals surface area contributed by atoms with Gasteiger partial charge in [0.15, 0.2) is 5.78 Å². The minimum absolute atomic E-state index is 0.165. The van der Waals surface area contributed by atoms with Crippen molar-refractivity contribution in [3.8, 4) is 11.1 Å². The Morgan fingerprint density at radius 1 is 1.00 bits per heavy atom. The summed E-state index contributed by atoms with van der Waals surface area (Å²) >= 11 is 0. The molecule has 2 aliphatic rings. The minimum atomic E-state index is -0.165. The Morgan fingerprint density at radius 2 is 1.70 bits per heavy atom. The van der Waals surface area contributed by atoms with Crippen molar-refractivity contribution in [1.82, 2.24) is 9.78 Å². The molecular weight excluding hydrogens is 334 g/mol. The second kappa shape index (κ2) is 6.23. The number of allylic oxidation sites excluding steroid dienone is 2. The zero-order valence-electron chi connectivity index (χ0n) is 15.3. The highest BCUT2D eigenvalue weighted by Crippen LogP contribution is 2.44. The SMILES string of the molecule is Cc1nn2c(c1-c1ccccc1)NC1=C(C(=O)CCC1)C2c1ccccc1. The van der Waals surface area contributed by atoms with Crippen molar-refractivity contribution in [2.75, 3.05) is 5.32 Å². The molecule has 0 spiro atoms. The molecule has 0 saturated heterocycles. The van der Waals surface area contributed by atoms with Gasteiger partial charge in [-0.2, -0.15) is 5.10 Å². The third kappa shape index (κ3) is 2.52. The molecule has 4 nitrogen and oxygen atoms in total. The van der Waals surface area contributed by atoms with Crippen molar-refractivity contribution >= 4 is 11.6 Å². The largest absolute Gasteiger partial charge is 0.343 e.